The molecule has 0 aromatic heterocycles. The average Bonchev–Trinajstić information content (AvgIpc) is 2.86. The second kappa shape index (κ2) is 10.7. The van der Waals surface area contributed by atoms with Crippen LogP contribution in [0.25, 0.3) is 6.08 Å². The van der Waals surface area contributed by atoms with Crippen molar-refractivity contribution < 1.29 is 23.9 Å². The van der Waals surface area contributed by atoms with E-state index in [1.807, 2.05) is 50.2 Å². The fourth-order valence-electron chi connectivity index (χ4n) is 3.87. The lowest BCUT2D eigenvalue weighted by atomic mass is 10.0. The predicted octanol–water partition coefficient (Wildman–Crippen LogP) is 5.46. The molecule has 1 fully saturated rings. The Balaban J connectivity index is 1.65. The molecule has 1 aliphatic heterocycles. The van der Waals surface area contributed by atoms with Crippen LogP contribution < -0.4 is 19.7 Å². The van der Waals surface area contributed by atoms with E-state index in [9.17, 15) is 14.4 Å². The topological polar surface area (TPSA) is 84.9 Å². The third kappa shape index (κ3) is 5.11. The number of amides is 4. The summed E-state index contributed by atoms with van der Waals surface area (Å²) in [6, 6.07) is 17.4. The molecule has 1 N–H and O–H groups in total. The molecule has 0 spiro atoms. The molecule has 4 amide bonds. The van der Waals surface area contributed by atoms with Gasteiger partial charge in [0.1, 0.15) is 12.2 Å². The van der Waals surface area contributed by atoms with Gasteiger partial charge in [-0.3, -0.25) is 14.9 Å². The molecule has 0 bridgehead atoms. The van der Waals surface area contributed by atoms with E-state index < -0.39 is 17.8 Å². The smallest absolute Gasteiger partial charge is 0.335 e. The Labute approximate surface area is 214 Å². The monoisotopic (exact) mass is 504 g/mol. The molecule has 184 valence electrons. The first-order valence-corrected chi connectivity index (χ1v) is 11.8. The molecule has 3 aromatic rings. The van der Waals surface area contributed by atoms with Gasteiger partial charge >= 0.3 is 6.03 Å². The molecule has 1 saturated heterocycles. The maximum absolute atomic E-state index is 13.3. The quantitative estimate of drug-likeness (QED) is 0.341. The van der Waals surface area contributed by atoms with E-state index in [0.29, 0.717) is 29.2 Å². The molecular formula is C28H25ClN2O5. The maximum atomic E-state index is 13.3. The van der Waals surface area contributed by atoms with Gasteiger partial charge in [-0.15, -0.1) is 0 Å². The molecule has 0 saturated carbocycles. The lowest BCUT2D eigenvalue weighted by Gasteiger charge is -2.28. The van der Waals surface area contributed by atoms with Crippen LogP contribution in [0.15, 0.2) is 66.2 Å². The Morgan fingerprint density at radius 3 is 2.44 bits per heavy atom. The zero-order valence-corrected chi connectivity index (χ0v) is 20.9. The molecule has 36 heavy (non-hydrogen) atoms. The van der Waals surface area contributed by atoms with E-state index in [-0.39, 0.29) is 17.2 Å². The normalized spacial score (nSPS) is 14.7. The van der Waals surface area contributed by atoms with Crippen molar-refractivity contribution in [2.24, 2.45) is 0 Å². The summed E-state index contributed by atoms with van der Waals surface area (Å²) in [6.45, 7) is 4.21. The van der Waals surface area contributed by atoms with Crippen LogP contribution >= 0.6 is 11.6 Å². The van der Waals surface area contributed by atoms with Crippen molar-refractivity contribution in [3.63, 3.8) is 0 Å². The second-order valence-corrected chi connectivity index (χ2v) is 8.66. The number of para-hydroxylation sites is 1. The van der Waals surface area contributed by atoms with Crippen molar-refractivity contribution in [1.82, 2.24) is 5.32 Å². The molecule has 7 nitrogen and oxygen atoms in total. The van der Waals surface area contributed by atoms with Gasteiger partial charge in [0.25, 0.3) is 11.8 Å². The number of imide groups is 2. The van der Waals surface area contributed by atoms with Crippen molar-refractivity contribution >= 4 is 41.2 Å². The Hall–Kier alpha value is -4.10. The highest BCUT2D eigenvalue weighted by molar-refractivity contribution is 6.39. The Morgan fingerprint density at radius 2 is 1.75 bits per heavy atom. The van der Waals surface area contributed by atoms with Crippen molar-refractivity contribution in [2.45, 2.75) is 26.9 Å². The average molecular weight is 505 g/mol. The van der Waals surface area contributed by atoms with Gasteiger partial charge in [-0.25, -0.2) is 9.69 Å². The van der Waals surface area contributed by atoms with Gasteiger partial charge in [0, 0.05) is 0 Å². The largest absolute Gasteiger partial charge is 0.493 e. The highest BCUT2D eigenvalue weighted by atomic mass is 35.5. The SMILES string of the molecule is CCc1ccccc1N1C(=O)NC(=O)/C(=C/c2cc(Cl)c(OCc3ccc(C)cc3)c(OC)c2)C1=O. The number of barbiturate groups is 1. The molecule has 3 aromatic carbocycles. The van der Waals surface area contributed by atoms with E-state index in [0.717, 1.165) is 21.6 Å². The number of hydrogen-bond donors (Lipinski definition) is 1. The second-order valence-electron chi connectivity index (χ2n) is 8.25. The molecule has 0 unspecified atom stereocenters. The first-order valence-electron chi connectivity index (χ1n) is 11.4. The van der Waals surface area contributed by atoms with Crippen molar-refractivity contribution in [3.8, 4) is 11.5 Å². The first kappa shape index (κ1) is 25.0. The van der Waals surface area contributed by atoms with Crippen LogP contribution in [-0.2, 0) is 22.6 Å². The number of methoxy groups -OCH3 is 1. The summed E-state index contributed by atoms with van der Waals surface area (Å²) >= 11 is 6.50. The van der Waals surface area contributed by atoms with Crippen LogP contribution in [0.5, 0.6) is 11.5 Å². The summed E-state index contributed by atoms with van der Waals surface area (Å²) in [5.41, 5.74) is 3.58. The minimum Gasteiger partial charge on any atom is -0.493 e. The molecular weight excluding hydrogens is 480 g/mol. The molecule has 0 aliphatic carbocycles. The van der Waals surface area contributed by atoms with Crippen LogP contribution in [0.2, 0.25) is 5.02 Å². The maximum Gasteiger partial charge on any atom is 0.335 e. The lowest BCUT2D eigenvalue weighted by molar-refractivity contribution is -0.122. The Kier molecular flexibility index (Phi) is 7.41. The van der Waals surface area contributed by atoms with E-state index in [1.165, 1.54) is 13.2 Å². The molecule has 4 rings (SSSR count). The van der Waals surface area contributed by atoms with Gasteiger partial charge in [-0.1, -0.05) is 66.6 Å². The molecule has 0 radical (unpaired) electrons. The fraction of sp³-hybridized carbons (Fsp3) is 0.179. The van der Waals surface area contributed by atoms with Gasteiger partial charge in [-0.2, -0.15) is 0 Å². The number of hydrogen-bond acceptors (Lipinski definition) is 5. The molecule has 0 atom stereocenters. The van der Waals surface area contributed by atoms with Gasteiger partial charge in [0.2, 0.25) is 0 Å². The third-order valence-corrected chi connectivity index (χ3v) is 6.06. The van der Waals surface area contributed by atoms with E-state index in [2.05, 4.69) is 5.32 Å². The van der Waals surface area contributed by atoms with Gasteiger partial charge < -0.3 is 9.47 Å². The predicted molar refractivity (Wildman–Crippen MR) is 138 cm³/mol. The van der Waals surface area contributed by atoms with Crippen LogP contribution in [-0.4, -0.2) is 25.0 Å². The summed E-state index contributed by atoms with van der Waals surface area (Å²) in [5.74, 6) is -0.825. The van der Waals surface area contributed by atoms with Crippen molar-refractivity contribution in [1.29, 1.82) is 0 Å². The number of benzene rings is 3. The number of halogens is 1. The van der Waals surface area contributed by atoms with Crippen LogP contribution in [0.1, 0.15) is 29.2 Å². The minimum absolute atomic E-state index is 0.202. The number of nitrogens with one attached hydrogen (secondary N) is 1. The molecule has 8 heteroatoms. The number of urea groups is 1. The Bertz CT molecular complexity index is 1360. The van der Waals surface area contributed by atoms with Crippen molar-refractivity contribution in [2.75, 3.05) is 12.0 Å². The molecule has 1 heterocycles. The minimum atomic E-state index is -0.793. The number of aryl methyl sites for hydroxylation is 2. The third-order valence-electron chi connectivity index (χ3n) is 5.78. The number of anilines is 1. The zero-order valence-electron chi connectivity index (χ0n) is 20.1. The fourth-order valence-corrected chi connectivity index (χ4v) is 4.15. The Morgan fingerprint density at radius 1 is 1.03 bits per heavy atom. The summed E-state index contributed by atoms with van der Waals surface area (Å²) in [6.07, 6.45) is 1.99. The first-order chi connectivity index (χ1) is 17.3. The number of carbonyl (C=O) groups excluding carboxylic acids is 3. The van der Waals surface area contributed by atoms with Crippen LogP contribution in [0.4, 0.5) is 10.5 Å². The van der Waals surface area contributed by atoms with Gasteiger partial charge in [0.15, 0.2) is 11.5 Å². The van der Waals surface area contributed by atoms with E-state index in [4.69, 9.17) is 21.1 Å². The van der Waals surface area contributed by atoms with E-state index in [1.54, 1.807) is 24.3 Å². The summed E-state index contributed by atoms with van der Waals surface area (Å²) in [4.78, 5) is 39.5. The number of rotatable bonds is 7. The summed E-state index contributed by atoms with van der Waals surface area (Å²) in [5, 5.41) is 2.50. The highest BCUT2D eigenvalue weighted by Gasteiger charge is 2.37. The molecule has 1 aliphatic rings. The standard InChI is InChI=1S/C28H25ClN2O5/c1-4-20-7-5-6-8-23(20)31-27(33)21(26(32)30-28(31)34)13-19-14-22(29)25(24(15-19)35-3)36-16-18-11-9-17(2)10-12-18/h5-15H,4,16H2,1-3H3,(H,30,32,34)/b21-13-. The van der Waals surface area contributed by atoms with Crippen molar-refractivity contribution in [3.05, 3.63) is 93.5 Å². The summed E-state index contributed by atoms with van der Waals surface area (Å²) < 4.78 is 11.4. The van der Waals surface area contributed by atoms with Crippen LogP contribution in [0.3, 0.4) is 0 Å². The lowest BCUT2D eigenvalue weighted by Crippen LogP contribution is -2.54. The number of nitrogens with zero attached hydrogens (tertiary/aromatic N) is 1. The van der Waals surface area contributed by atoms with Crippen LogP contribution in [0, 0.1) is 6.92 Å². The summed E-state index contributed by atoms with van der Waals surface area (Å²) in [7, 11) is 1.47. The van der Waals surface area contributed by atoms with Gasteiger partial charge in [-0.05, 0) is 54.3 Å². The highest BCUT2D eigenvalue weighted by Crippen LogP contribution is 2.38. The number of ether oxygens (including phenoxy) is 2. The zero-order chi connectivity index (χ0) is 25.8. The number of carbonyl (C=O) groups is 3. The van der Waals surface area contributed by atoms with E-state index >= 15 is 0 Å². The van der Waals surface area contributed by atoms with Gasteiger partial charge in [0.05, 0.1) is 17.8 Å².